The van der Waals surface area contributed by atoms with Crippen molar-refractivity contribution in [1.82, 2.24) is 5.32 Å². The molecule has 72 valence electrons. The van der Waals surface area contributed by atoms with E-state index in [1.165, 1.54) is 0 Å². The van der Waals surface area contributed by atoms with Gasteiger partial charge in [-0.15, -0.1) is 12.4 Å². The van der Waals surface area contributed by atoms with Gasteiger partial charge in [0.1, 0.15) is 0 Å². The third-order valence-corrected chi connectivity index (χ3v) is 2.33. The fourth-order valence-electron chi connectivity index (χ4n) is 1.64. The highest BCUT2D eigenvalue weighted by molar-refractivity contribution is 5.85. The summed E-state index contributed by atoms with van der Waals surface area (Å²) in [4.78, 5) is 0. The van der Waals surface area contributed by atoms with E-state index in [0.29, 0.717) is 0 Å². The van der Waals surface area contributed by atoms with E-state index < -0.39 is 11.8 Å². The second kappa shape index (κ2) is 2.75. The van der Waals surface area contributed by atoms with Crippen molar-refractivity contribution in [2.45, 2.75) is 24.2 Å². The van der Waals surface area contributed by atoms with Crippen molar-refractivity contribution in [3.8, 4) is 0 Å². The number of hydrogen-bond acceptors (Lipinski definition) is 2. The number of halogens is 4. The van der Waals surface area contributed by atoms with Crippen molar-refractivity contribution < 1.29 is 17.9 Å². The fraction of sp³-hybridized carbons (Fsp3) is 1.00. The SMILES string of the molecule is Cl.FC(F)(F)[C@]12CN[C@H](CO1)C2. The molecule has 0 aliphatic carbocycles. The summed E-state index contributed by atoms with van der Waals surface area (Å²) in [6.45, 7) is 0.112. The van der Waals surface area contributed by atoms with Crippen molar-refractivity contribution in [2.24, 2.45) is 0 Å². The summed E-state index contributed by atoms with van der Waals surface area (Å²) in [7, 11) is 0. The van der Waals surface area contributed by atoms with Crippen molar-refractivity contribution in [3.63, 3.8) is 0 Å². The van der Waals surface area contributed by atoms with Crippen LogP contribution >= 0.6 is 12.4 Å². The zero-order valence-corrected chi connectivity index (χ0v) is 6.97. The summed E-state index contributed by atoms with van der Waals surface area (Å²) in [6, 6.07) is -0.0865. The minimum absolute atomic E-state index is 0. The summed E-state index contributed by atoms with van der Waals surface area (Å²) >= 11 is 0. The third kappa shape index (κ3) is 1.20. The Morgan fingerprint density at radius 2 is 2.08 bits per heavy atom. The lowest BCUT2D eigenvalue weighted by molar-refractivity contribution is -0.259. The Bertz CT molecular complexity index is 176. The van der Waals surface area contributed by atoms with Crippen LogP contribution in [0.15, 0.2) is 0 Å². The van der Waals surface area contributed by atoms with Gasteiger partial charge in [-0.1, -0.05) is 0 Å². The van der Waals surface area contributed by atoms with Gasteiger partial charge in [0.25, 0.3) is 0 Å². The smallest absolute Gasteiger partial charge is 0.362 e. The van der Waals surface area contributed by atoms with Crippen molar-refractivity contribution in [1.29, 1.82) is 0 Å². The molecular weight excluding hydrogens is 195 g/mol. The van der Waals surface area contributed by atoms with E-state index in [4.69, 9.17) is 4.74 Å². The Kier molecular flexibility index (Phi) is 2.31. The molecule has 2 bridgehead atoms. The second-order valence-electron chi connectivity index (χ2n) is 3.09. The Labute approximate surface area is 73.9 Å². The standard InChI is InChI=1S/C6H8F3NO.ClH/c7-6(8,9)5-1-4(2-11-5)10-3-5;/h4,10H,1-3H2;1H/t4-,5-;/m0./s1. The molecular formula is C6H9ClF3NO. The molecule has 2 rings (SSSR count). The van der Waals surface area contributed by atoms with Crippen molar-refractivity contribution in [2.75, 3.05) is 13.2 Å². The lowest BCUT2D eigenvalue weighted by Crippen LogP contribution is -2.50. The molecule has 0 saturated carbocycles. The first kappa shape index (κ1) is 10.1. The molecule has 6 heteroatoms. The fourth-order valence-corrected chi connectivity index (χ4v) is 1.64. The highest BCUT2D eigenvalue weighted by atomic mass is 35.5. The summed E-state index contributed by atoms with van der Waals surface area (Å²) in [6.07, 6.45) is -4.14. The summed E-state index contributed by atoms with van der Waals surface area (Å²) in [5, 5.41) is 2.76. The maximum Gasteiger partial charge on any atom is 0.418 e. The quantitative estimate of drug-likeness (QED) is 0.637. The maximum absolute atomic E-state index is 12.3. The number of morpholine rings is 1. The highest BCUT2D eigenvalue weighted by Gasteiger charge is 2.63. The molecule has 2 heterocycles. The average molecular weight is 204 g/mol. The Morgan fingerprint density at radius 3 is 2.25 bits per heavy atom. The average Bonchev–Trinajstić information content (AvgIpc) is 2.42. The third-order valence-electron chi connectivity index (χ3n) is 2.33. The summed E-state index contributed by atoms with van der Waals surface area (Å²) in [5.74, 6) is 0. The Hall–Kier alpha value is -0.0000000000000000416. The van der Waals surface area contributed by atoms with Crippen LogP contribution in [0.2, 0.25) is 0 Å². The predicted octanol–water partition coefficient (Wildman–Crippen LogP) is 1.10. The van der Waals surface area contributed by atoms with Crippen LogP contribution in [0.1, 0.15) is 6.42 Å². The molecule has 0 radical (unpaired) electrons. The van der Waals surface area contributed by atoms with Gasteiger partial charge in [-0.3, -0.25) is 0 Å². The van der Waals surface area contributed by atoms with Gasteiger partial charge in [0.2, 0.25) is 0 Å². The van der Waals surface area contributed by atoms with E-state index in [0.717, 1.165) is 0 Å². The zero-order chi connectivity index (χ0) is 8.11. The van der Waals surface area contributed by atoms with Crippen molar-refractivity contribution in [3.05, 3.63) is 0 Å². The van der Waals surface area contributed by atoms with Crippen LogP contribution in [-0.2, 0) is 4.74 Å². The highest BCUT2D eigenvalue weighted by Crippen LogP contribution is 2.43. The molecule has 0 aromatic rings. The van der Waals surface area contributed by atoms with E-state index in [2.05, 4.69) is 5.32 Å². The normalized spacial score (nSPS) is 39.8. The first-order valence-electron chi connectivity index (χ1n) is 3.48. The number of hydrogen-bond donors (Lipinski definition) is 1. The Balaban J connectivity index is 0.000000720. The molecule has 0 aromatic carbocycles. The van der Waals surface area contributed by atoms with Gasteiger partial charge in [-0.2, -0.15) is 13.2 Å². The first-order valence-corrected chi connectivity index (χ1v) is 3.48. The summed E-state index contributed by atoms with van der Waals surface area (Å²) < 4.78 is 41.6. The molecule has 0 aromatic heterocycles. The van der Waals surface area contributed by atoms with Crippen LogP contribution in [0, 0.1) is 0 Å². The first-order chi connectivity index (χ1) is 5.04. The molecule has 2 fully saturated rings. The largest absolute Gasteiger partial charge is 0.418 e. The predicted molar refractivity (Wildman–Crippen MR) is 38.4 cm³/mol. The molecule has 2 aliphatic rings. The summed E-state index contributed by atoms with van der Waals surface area (Å²) in [5.41, 5.74) is -1.86. The molecule has 12 heavy (non-hydrogen) atoms. The van der Waals surface area contributed by atoms with E-state index in [1.807, 2.05) is 0 Å². The lowest BCUT2D eigenvalue weighted by Gasteiger charge is -2.28. The molecule has 0 amide bonds. The van der Waals surface area contributed by atoms with Gasteiger partial charge < -0.3 is 10.1 Å². The molecule has 0 spiro atoms. The number of alkyl halides is 3. The second-order valence-corrected chi connectivity index (χ2v) is 3.09. The maximum atomic E-state index is 12.3. The minimum atomic E-state index is -4.22. The van der Waals surface area contributed by atoms with E-state index in [9.17, 15) is 13.2 Å². The monoisotopic (exact) mass is 203 g/mol. The van der Waals surface area contributed by atoms with Crippen LogP contribution in [0.25, 0.3) is 0 Å². The number of nitrogens with one attached hydrogen (secondary N) is 1. The lowest BCUT2D eigenvalue weighted by atomic mass is 10.0. The number of rotatable bonds is 0. The molecule has 2 aliphatic heterocycles. The van der Waals surface area contributed by atoms with Gasteiger partial charge in [0.05, 0.1) is 6.61 Å². The van der Waals surface area contributed by atoms with Crippen LogP contribution in [0.5, 0.6) is 0 Å². The zero-order valence-electron chi connectivity index (χ0n) is 6.15. The van der Waals surface area contributed by atoms with Crippen LogP contribution in [-0.4, -0.2) is 31.0 Å². The topological polar surface area (TPSA) is 21.3 Å². The Morgan fingerprint density at radius 1 is 1.42 bits per heavy atom. The van der Waals surface area contributed by atoms with Gasteiger partial charge in [0, 0.05) is 19.0 Å². The van der Waals surface area contributed by atoms with E-state index in [-0.39, 0.29) is 38.0 Å². The molecule has 2 saturated heterocycles. The van der Waals surface area contributed by atoms with E-state index in [1.54, 1.807) is 0 Å². The van der Waals surface area contributed by atoms with Crippen molar-refractivity contribution >= 4 is 12.4 Å². The van der Waals surface area contributed by atoms with Crippen LogP contribution in [0.4, 0.5) is 13.2 Å². The molecule has 0 unspecified atom stereocenters. The van der Waals surface area contributed by atoms with Gasteiger partial charge >= 0.3 is 6.18 Å². The molecule has 2 atom stereocenters. The van der Waals surface area contributed by atoms with Gasteiger partial charge in [-0.25, -0.2) is 0 Å². The number of fused-ring (bicyclic) bond motifs is 2. The van der Waals surface area contributed by atoms with Crippen LogP contribution in [0.3, 0.4) is 0 Å². The number of ether oxygens (including phenoxy) is 1. The molecule has 2 nitrogen and oxygen atoms in total. The van der Waals surface area contributed by atoms with Gasteiger partial charge in [0.15, 0.2) is 5.60 Å². The minimum Gasteiger partial charge on any atom is -0.362 e. The van der Waals surface area contributed by atoms with E-state index >= 15 is 0 Å². The van der Waals surface area contributed by atoms with Crippen LogP contribution < -0.4 is 5.32 Å². The van der Waals surface area contributed by atoms with Gasteiger partial charge in [-0.05, 0) is 0 Å². The molecule has 1 N–H and O–H groups in total.